The number of hydrogen-bond donors (Lipinski definition) is 0. The van der Waals surface area contributed by atoms with E-state index in [1.54, 1.807) is 11.2 Å². The van der Waals surface area contributed by atoms with Gasteiger partial charge in [0.15, 0.2) is 5.17 Å². The highest BCUT2D eigenvalue weighted by atomic mass is 35.5. The Morgan fingerprint density at radius 1 is 1.48 bits per heavy atom. The number of nitrogens with zero attached hydrogens (tertiary/aromatic N) is 4. The first-order valence-corrected chi connectivity index (χ1v) is 7.39. The van der Waals surface area contributed by atoms with Crippen LogP contribution in [-0.4, -0.2) is 21.5 Å². The molecule has 0 amide bonds. The molecule has 0 aromatic carbocycles. The van der Waals surface area contributed by atoms with Crippen LogP contribution >= 0.6 is 11.6 Å². The van der Waals surface area contributed by atoms with Gasteiger partial charge in [-0.15, -0.1) is 0 Å². The van der Waals surface area contributed by atoms with Crippen molar-refractivity contribution in [3.63, 3.8) is 0 Å². The van der Waals surface area contributed by atoms with Gasteiger partial charge in [0, 0.05) is 18.2 Å². The Bertz CT molecular complexity index is 684. The van der Waals surface area contributed by atoms with E-state index in [0.29, 0.717) is 17.0 Å². The Hall–Kier alpha value is -1.88. The molecule has 1 aromatic heterocycles. The summed E-state index contributed by atoms with van der Waals surface area (Å²) in [4.78, 5) is 8.42. The predicted molar refractivity (Wildman–Crippen MR) is 83.9 cm³/mol. The predicted octanol–water partition coefficient (Wildman–Crippen LogP) is 3.92. The van der Waals surface area contributed by atoms with Crippen molar-refractivity contribution >= 4 is 28.7 Å². The first-order chi connectivity index (χ1) is 10.1. The third kappa shape index (κ3) is 2.53. The largest absolute Gasteiger partial charge is 0.442 e. The number of hydrogen-bond acceptors (Lipinski definition) is 5. The molecule has 5 nitrogen and oxygen atoms in total. The van der Waals surface area contributed by atoms with Crippen LogP contribution in [0.1, 0.15) is 38.3 Å². The van der Waals surface area contributed by atoms with Crippen molar-refractivity contribution in [3.05, 3.63) is 35.3 Å². The normalized spacial score (nSPS) is 19.3. The minimum absolute atomic E-state index is 0.388. The van der Waals surface area contributed by atoms with Gasteiger partial charge in [-0.05, 0) is 24.8 Å². The van der Waals surface area contributed by atoms with Gasteiger partial charge in [-0.1, -0.05) is 25.4 Å². The number of hydrazone groups is 1. The summed E-state index contributed by atoms with van der Waals surface area (Å²) in [6.07, 6.45) is 6.88. The molecule has 0 bridgehead atoms. The van der Waals surface area contributed by atoms with E-state index in [4.69, 9.17) is 16.0 Å². The molecule has 3 heterocycles. The fourth-order valence-corrected chi connectivity index (χ4v) is 2.74. The highest BCUT2D eigenvalue weighted by Crippen LogP contribution is 2.37. The fourth-order valence-electron chi connectivity index (χ4n) is 2.49. The summed E-state index contributed by atoms with van der Waals surface area (Å²) in [6.45, 7) is 6.24. The number of rotatable bonds is 3. The molecule has 110 valence electrons. The molecule has 21 heavy (non-hydrogen) atoms. The van der Waals surface area contributed by atoms with E-state index in [-0.39, 0.29) is 0 Å². The average Bonchev–Trinajstić information content (AvgIpc) is 2.92. The second-order valence-corrected chi connectivity index (χ2v) is 5.64. The Morgan fingerprint density at radius 2 is 2.29 bits per heavy atom. The van der Waals surface area contributed by atoms with Crippen molar-refractivity contribution in [2.75, 3.05) is 0 Å². The van der Waals surface area contributed by atoms with Crippen molar-refractivity contribution < 1.29 is 4.42 Å². The molecule has 0 spiro atoms. The summed E-state index contributed by atoms with van der Waals surface area (Å²) < 4.78 is 5.65. The Labute approximate surface area is 128 Å². The standard InChI is InChI=1S/C15H17ClN4O/c1-4-9(2)12-5-11(15-17-6-10(3)21-15)7-20-13(12)14(16)18-8-19-20/h6-9H,4-5H2,1-3H3. The number of aryl methyl sites for hydroxylation is 1. The monoisotopic (exact) mass is 304 g/mol. The van der Waals surface area contributed by atoms with Crippen LogP contribution in [0.25, 0.3) is 5.57 Å². The van der Waals surface area contributed by atoms with E-state index in [1.807, 2.05) is 13.1 Å². The zero-order valence-electron chi connectivity index (χ0n) is 12.3. The van der Waals surface area contributed by atoms with Crippen LogP contribution in [0.3, 0.4) is 0 Å². The quantitative estimate of drug-likeness (QED) is 0.850. The number of halogens is 1. The van der Waals surface area contributed by atoms with Gasteiger partial charge in [-0.2, -0.15) is 5.10 Å². The van der Waals surface area contributed by atoms with Crippen molar-refractivity contribution in [1.29, 1.82) is 0 Å². The van der Waals surface area contributed by atoms with Gasteiger partial charge < -0.3 is 4.42 Å². The first-order valence-electron chi connectivity index (χ1n) is 7.02. The summed E-state index contributed by atoms with van der Waals surface area (Å²) in [5.41, 5.74) is 3.11. The van der Waals surface area contributed by atoms with E-state index in [9.17, 15) is 0 Å². The average molecular weight is 305 g/mol. The lowest BCUT2D eigenvalue weighted by molar-refractivity contribution is 0.471. The lowest BCUT2D eigenvalue weighted by Gasteiger charge is -2.30. The number of oxazole rings is 1. The van der Waals surface area contributed by atoms with Gasteiger partial charge in [-0.25, -0.2) is 15.0 Å². The van der Waals surface area contributed by atoms with Crippen molar-refractivity contribution in [2.24, 2.45) is 16.0 Å². The summed E-state index contributed by atoms with van der Waals surface area (Å²) in [6, 6.07) is 0. The molecule has 0 fully saturated rings. The molecule has 2 aliphatic heterocycles. The first kappa shape index (κ1) is 14.1. The van der Waals surface area contributed by atoms with Crippen LogP contribution in [0.2, 0.25) is 0 Å². The highest BCUT2D eigenvalue weighted by Gasteiger charge is 2.29. The maximum atomic E-state index is 6.27. The molecular formula is C15H17ClN4O. The van der Waals surface area contributed by atoms with E-state index in [2.05, 4.69) is 28.9 Å². The van der Waals surface area contributed by atoms with Gasteiger partial charge in [0.25, 0.3) is 0 Å². The summed E-state index contributed by atoms with van der Waals surface area (Å²) in [5.74, 6) is 1.83. The van der Waals surface area contributed by atoms with Gasteiger partial charge in [0.2, 0.25) is 5.89 Å². The van der Waals surface area contributed by atoms with Crippen LogP contribution in [0.15, 0.2) is 38.2 Å². The summed E-state index contributed by atoms with van der Waals surface area (Å²) >= 11 is 6.27. The summed E-state index contributed by atoms with van der Waals surface area (Å²) in [5, 5.41) is 6.54. The van der Waals surface area contributed by atoms with E-state index in [1.165, 1.54) is 11.9 Å². The van der Waals surface area contributed by atoms with Crippen molar-refractivity contribution in [3.8, 4) is 0 Å². The van der Waals surface area contributed by atoms with Crippen LogP contribution in [0.4, 0.5) is 0 Å². The van der Waals surface area contributed by atoms with Gasteiger partial charge in [-0.3, -0.25) is 0 Å². The fraction of sp³-hybridized carbons (Fsp3) is 0.400. The number of fused-ring (bicyclic) bond motifs is 1. The SMILES string of the molecule is CCC(C)C1=C2C(Cl)=NC=NN2C=C(c2ncc(C)o2)C1. The molecule has 0 N–H and O–H groups in total. The van der Waals surface area contributed by atoms with Crippen molar-refractivity contribution in [1.82, 2.24) is 9.99 Å². The highest BCUT2D eigenvalue weighted by molar-refractivity contribution is 6.70. The number of allylic oxidation sites excluding steroid dienone is 3. The molecule has 1 atom stereocenters. The van der Waals surface area contributed by atoms with Crippen molar-refractivity contribution in [2.45, 2.75) is 33.6 Å². The van der Waals surface area contributed by atoms with Gasteiger partial charge in [0.1, 0.15) is 17.8 Å². The molecular weight excluding hydrogens is 288 g/mol. The van der Waals surface area contributed by atoms with Crippen LogP contribution in [0, 0.1) is 12.8 Å². The van der Waals surface area contributed by atoms with E-state index >= 15 is 0 Å². The topological polar surface area (TPSA) is 54.0 Å². The molecule has 2 aliphatic rings. The molecule has 1 unspecified atom stereocenters. The van der Waals surface area contributed by atoms with E-state index in [0.717, 1.165) is 29.9 Å². The number of aromatic nitrogens is 1. The Kier molecular flexibility index (Phi) is 3.68. The maximum absolute atomic E-state index is 6.27. The molecule has 1 aromatic rings. The van der Waals surface area contributed by atoms with Crippen LogP contribution < -0.4 is 0 Å². The van der Waals surface area contributed by atoms with Gasteiger partial charge in [0.05, 0.1) is 6.20 Å². The molecule has 0 saturated heterocycles. The van der Waals surface area contributed by atoms with Crippen LogP contribution in [-0.2, 0) is 0 Å². The van der Waals surface area contributed by atoms with Gasteiger partial charge >= 0.3 is 0 Å². The molecule has 0 radical (unpaired) electrons. The molecule has 6 heteroatoms. The lowest BCUT2D eigenvalue weighted by atomic mass is 9.89. The minimum Gasteiger partial charge on any atom is -0.442 e. The zero-order valence-corrected chi connectivity index (χ0v) is 13.1. The lowest BCUT2D eigenvalue weighted by Crippen LogP contribution is -2.26. The Balaban J connectivity index is 2.04. The summed E-state index contributed by atoms with van der Waals surface area (Å²) in [7, 11) is 0. The third-order valence-corrected chi connectivity index (χ3v) is 4.11. The molecule has 3 rings (SSSR count). The second-order valence-electron chi connectivity index (χ2n) is 5.29. The Morgan fingerprint density at radius 3 is 2.95 bits per heavy atom. The second kappa shape index (κ2) is 5.48. The zero-order chi connectivity index (χ0) is 15.0. The maximum Gasteiger partial charge on any atom is 0.223 e. The molecule has 0 aliphatic carbocycles. The molecule has 0 saturated carbocycles. The minimum atomic E-state index is 0.388. The smallest absolute Gasteiger partial charge is 0.223 e. The van der Waals surface area contributed by atoms with Crippen LogP contribution in [0.5, 0.6) is 0 Å². The number of aliphatic imine (C=N–C) groups is 1. The van der Waals surface area contributed by atoms with E-state index < -0.39 is 0 Å². The third-order valence-electron chi connectivity index (χ3n) is 3.84.